The van der Waals surface area contributed by atoms with Crippen LogP contribution in [0.1, 0.15) is 241 Å². The van der Waals surface area contributed by atoms with Gasteiger partial charge in [0.2, 0.25) is 6.16 Å². The lowest BCUT2D eigenvalue weighted by atomic mass is 10.0. The van der Waals surface area contributed by atoms with Gasteiger partial charge in [-0.2, -0.15) is 0 Å². The van der Waals surface area contributed by atoms with Crippen molar-refractivity contribution in [3.05, 3.63) is 70.8 Å². The van der Waals surface area contributed by atoms with Crippen molar-refractivity contribution in [2.75, 3.05) is 102 Å². The van der Waals surface area contributed by atoms with Crippen LogP contribution in [0.5, 0.6) is 0 Å². The number of fused-ring (bicyclic) bond motifs is 2. The van der Waals surface area contributed by atoms with Crippen molar-refractivity contribution in [1.82, 2.24) is 9.80 Å². The molecule has 2 aliphatic heterocycles. The van der Waals surface area contributed by atoms with Crippen LogP contribution in [0, 0.1) is 0 Å². The third-order valence-electron chi connectivity index (χ3n) is 15.6. The molecular formula is C64H109N2O20P4+. The molecule has 514 valence electrons. The van der Waals surface area contributed by atoms with E-state index in [0.717, 1.165) is 66.3 Å². The molecular weight excluding hydrogens is 1240 g/mol. The van der Waals surface area contributed by atoms with Crippen molar-refractivity contribution in [2.45, 2.75) is 205 Å². The van der Waals surface area contributed by atoms with E-state index in [4.69, 9.17) is 32.3 Å². The molecule has 4 amide bonds. The van der Waals surface area contributed by atoms with Crippen molar-refractivity contribution in [3.63, 3.8) is 0 Å². The predicted octanol–water partition coefficient (Wildman–Crippen LogP) is 16.3. The molecule has 0 aliphatic carbocycles. The summed E-state index contributed by atoms with van der Waals surface area (Å²) in [5.41, 5.74) is -0.320. The van der Waals surface area contributed by atoms with Crippen LogP contribution < -0.4 is 0 Å². The average molecular weight is 1350 g/mol. The van der Waals surface area contributed by atoms with Crippen LogP contribution in [0.25, 0.3) is 0 Å². The Hall–Kier alpha value is -3.26. The Morgan fingerprint density at radius 3 is 1.13 bits per heavy atom. The normalized spacial score (nSPS) is 14.6. The van der Waals surface area contributed by atoms with Gasteiger partial charge < -0.3 is 46.5 Å². The van der Waals surface area contributed by atoms with Crippen LogP contribution >= 0.6 is 30.8 Å². The quantitative estimate of drug-likeness (QED) is 0.0279. The number of unbranched alkanes of at least 4 members (excludes halogenated alkanes) is 26. The van der Waals surface area contributed by atoms with E-state index in [1.54, 1.807) is 24.3 Å². The molecule has 0 saturated carbocycles. The van der Waals surface area contributed by atoms with Crippen LogP contribution in [0.2, 0.25) is 0 Å². The number of rotatable bonds is 53. The highest BCUT2D eigenvalue weighted by Gasteiger charge is 2.66. The van der Waals surface area contributed by atoms with Gasteiger partial charge >= 0.3 is 30.8 Å². The van der Waals surface area contributed by atoms with E-state index in [2.05, 4.69) is 27.4 Å². The lowest BCUT2D eigenvalue weighted by Crippen LogP contribution is -2.46. The topological polar surface area (TPSA) is 273 Å². The summed E-state index contributed by atoms with van der Waals surface area (Å²) in [6.07, 6.45) is 37.8. The van der Waals surface area contributed by atoms with Gasteiger partial charge in [0.25, 0.3) is 34.2 Å². The minimum atomic E-state index is -4.73. The van der Waals surface area contributed by atoms with Crippen molar-refractivity contribution >= 4 is 60.0 Å². The molecule has 0 aromatic heterocycles. The summed E-state index contributed by atoms with van der Waals surface area (Å²) >= 11 is 0. The number of nitrogens with zero attached hydrogens (tertiary/aromatic N) is 2. The summed E-state index contributed by atoms with van der Waals surface area (Å²) in [5.74, 6) is -2.71. The molecule has 22 nitrogen and oxygen atoms in total. The number of β-amino-alcohol motifs (C(OH)–C–C–N with tert-alkyl or cyclic N) is 1. The minimum absolute atomic E-state index is 0.0960. The first-order chi connectivity index (χ1) is 43.4. The van der Waals surface area contributed by atoms with Crippen molar-refractivity contribution < 1.29 is 93.2 Å². The van der Waals surface area contributed by atoms with Gasteiger partial charge in [0.1, 0.15) is 13.3 Å². The molecule has 0 radical (unpaired) electrons. The van der Waals surface area contributed by atoms with E-state index < -0.39 is 78.1 Å². The molecule has 0 fully saturated rings. The zero-order valence-corrected chi connectivity index (χ0v) is 59.0. The molecule has 3 unspecified atom stereocenters. The lowest BCUT2D eigenvalue weighted by molar-refractivity contribution is -0.114. The van der Waals surface area contributed by atoms with Gasteiger partial charge in [-0.15, -0.1) is 4.52 Å². The van der Waals surface area contributed by atoms with Gasteiger partial charge in [0, 0.05) is 55.4 Å². The van der Waals surface area contributed by atoms with Crippen molar-refractivity contribution in [1.29, 1.82) is 0 Å². The van der Waals surface area contributed by atoms with Crippen LogP contribution in [0.3, 0.4) is 0 Å². The zero-order chi connectivity index (χ0) is 66.5. The number of hydrogen-bond donors (Lipinski definition) is 1. The van der Waals surface area contributed by atoms with Gasteiger partial charge in [0.05, 0.1) is 49.1 Å². The van der Waals surface area contributed by atoms with Crippen LogP contribution in [-0.2, 0) is 68.9 Å². The molecule has 0 saturated heterocycles. The molecule has 0 bridgehead atoms. The Kier molecular flexibility index (Phi) is 44.6. The summed E-state index contributed by atoms with van der Waals surface area (Å²) in [5, 5.41) is 8.67. The molecule has 2 aromatic carbocycles. The van der Waals surface area contributed by atoms with Crippen LogP contribution in [0.4, 0.5) is 0 Å². The molecule has 2 heterocycles. The number of imide groups is 2. The molecule has 0 spiro atoms. The second kappa shape index (κ2) is 48.4. The van der Waals surface area contributed by atoms with Crippen LogP contribution in [0.15, 0.2) is 48.5 Å². The number of benzene rings is 2. The largest absolute Gasteiger partial charge is 0.510 e. The number of amides is 4. The Morgan fingerprint density at radius 1 is 0.444 bits per heavy atom. The Labute approximate surface area is 538 Å². The molecule has 3 atom stereocenters. The average Bonchev–Trinajstić information content (AvgIpc) is 1.22. The number of carbonyl (C=O) groups is 5. The van der Waals surface area contributed by atoms with Crippen molar-refractivity contribution in [2.24, 2.45) is 0 Å². The summed E-state index contributed by atoms with van der Waals surface area (Å²) in [4.78, 5) is 63.3. The fourth-order valence-electron chi connectivity index (χ4n) is 10.1. The van der Waals surface area contributed by atoms with E-state index in [1.165, 1.54) is 192 Å². The van der Waals surface area contributed by atoms with E-state index in [-0.39, 0.29) is 28.9 Å². The predicted molar refractivity (Wildman–Crippen MR) is 350 cm³/mol. The molecule has 26 heteroatoms. The highest BCUT2D eigenvalue weighted by Crippen LogP contribution is 2.76. The number of hydrogen-bond acceptors (Lipinski definition) is 20. The molecule has 1 N–H and O–H groups in total. The minimum Gasteiger partial charge on any atom is -0.381 e. The Bertz CT molecular complexity index is 2450. The highest BCUT2D eigenvalue weighted by molar-refractivity contribution is 7.74. The fourth-order valence-corrected chi connectivity index (χ4v) is 15.9. The first-order valence-electron chi connectivity index (χ1n) is 32.5. The summed E-state index contributed by atoms with van der Waals surface area (Å²) < 4.78 is 101. The van der Waals surface area contributed by atoms with Gasteiger partial charge in [-0.3, -0.25) is 47.5 Å². The summed E-state index contributed by atoms with van der Waals surface area (Å²) in [6.45, 7) is 5.09. The van der Waals surface area contributed by atoms with Gasteiger partial charge in [-0.25, -0.2) is 0 Å². The van der Waals surface area contributed by atoms with E-state index in [0.29, 0.717) is 44.1 Å². The maximum Gasteiger partial charge on any atom is 0.510 e. The molecule has 2 aromatic rings. The third kappa shape index (κ3) is 28.8. The lowest BCUT2D eigenvalue weighted by Gasteiger charge is -2.38. The SMILES string of the molecule is CCCCCCCCCCCCCCCCOCCCOP(=O)(OC)C(O)(CN1C(=O)c2ccccc2C1=O)P(=O)(OC)OC.CCCCCCCCCCCCCCCCOCOCC[P+](=O)OC.COP(=O)(OC)C(=O)CN1C(=O)c2ccccc2C1=O. The molecule has 90 heavy (non-hydrogen) atoms. The second-order valence-corrected chi connectivity index (χ2v) is 31.1. The number of ether oxygens (including phenoxy) is 3. The van der Waals surface area contributed by atoms with E-state index >= 15 is 0 Å². The second-order valence-electron chi connectivity index (χ2n) is 22.2. The summed E-state index contributed by atoms with van der Waals surface area (Å²) in [7, 11) is -8.36. The first kappa shape index (κ1) is 82.8. The van der Waals surface area contributed by atoms with E-state index in [1.807, 2.05) is 0 Å². The highest BCUT2D eigenvalue weighted by atomic mass is 31.2. The fraction of sp³-hybridized carbons (Fsp3) is 0.734. The zero-order valence-electron chi connectivity index (χ0n) is 55.4. The van der Waals surface area contributed by atoms with Gasteiger partial charge in [0.15, 0.2) is 0 Å². The smallest absolute Gasteiger partial charge is 0.381 e. The molecule has 4 rings (SSSR count). The Morgan fingerprint density at radius 2 is 0.778 bits per heavy atom. The number of aliphatic hydroxyl groups is 1. The summed E-state index contributed by atoms with van der Waals surface area (Å²) in [6, 6.07) is 12.3. The number of carbonyl (C=O) groups excluding carboxylic acids is 5. The van der Waals surface area contributed by atoms with Crippen molar-refractivity contribution in [3.8, 4) is 0 Å². The maximum atomic E-state index is 13.9. The van der Waals surface area contributed by atoms with Gasteiger partial charge in [-0.1, -0.05) is 205 Å². The van der Waals surface area contributed by atoms with Crippen LogP contribution in [-0.4, -0.2) is 151 Å². The van der Waals surface area contributed by atoms with E-state index in [9.17, 15) is 47.3 Å². The Balaban J connectivity index is 0.000000513. The first-order valence-corrected chi connectivity index (χ1v) is 38.5. The molecule has 2 aliphatic rings. The standard InChI is InChI=1S/C32H55NO10P2.C20H42O4P.C12H12NO6P/c1-5-6-7-8-9-10-11-12-13-14-15-16-17-20-24-42-25-21-26-43-45(38,41-4)32(36,44(37,39-2)40-3)27-33-30(34)28-22-18-19-23-29(28)31(33)35;1-3-4-5-6-7-8-9-10-11-12-13-14-15-16-17-23-20-24-18-19-25(21)22-2;1-18-20(17,19-2)10(14)7-13-11(15)8-5-3-4-6-9(8)12(13)16/h18-19,22-23,36H,5-17,20-21,24-27H2,1-4H3;3-20H2,1-2H3;3-6H,7H2,1-2H3/q;+1;. The maximum absolute atomic E-state index is 13.9. The monoisotopic (exact) mass is 1350 g/mol. The van der Waals surface area contributed by atoms with Gasteiger partial charge in [-0.05, 0) is 48.1 Å². The third-order valence-corrected chi connectivity index (χ3v) is 23.7.